The molecule has 0 heterocycles. The van der Waals surface area contributed by atoms with E-state index in [0.717, 1.165) is 11.1 Å². The van der Waals surface area contributed by atoms with E-state index in [4.69, 9.17) is 5.73 Å². The van der Waals surface area contributed by atoms with E-state index < -0.39 is 6.04 Å². The molecular weight excluding hydrogens is 254 g/mol. The SMILES string of the molecule is CNC(=O)C(C)CN(C)C(=O)C(N)c1ccc(C)cc1. The maximum Gasteiger partial charge on any atom is 0.243 e. The molecule has 0 aliphatic carbocycles. The molecule has 1 rings (SSSR count). The summed E-state index contributed by atoms with van der Waals surface area (Å²) in [5.74, 6) is -0.544. The number of aryl methyl sites for hydroxylation is 1. The Bertz CT molecular complexity index is 471. The van der Waals surface area contributed by atoms with Crippen molar-refractivity contribution in [2.45, 2.75) is 19.9 Å². The molecule has 2 unspecified atom stereocenters. The first-order valence-corrected chi connectivity index (χ1v) is 6.65. The Morgan fingerprint density at radius 1 is 1.30 bits per heavy atom. The first-order chi connectivity index (χ1) is 9.36. The van der Waals surface area contributed by atoms with Gasteiger partial charge in [-0.2, -0.15) is 0 Å². The van der Waals surface area contributed by atoms with Crippen LogP contribution in [0.1, 0.15) is 24.1 Å². The van der Waals surface area contributed by atoms with Crippen LogP contribution in [-0.4, -0.2) is 37.4 Å². The van der Waals surface area contributed by atoms with Crippen molar-refractivity contribution < 1.29 is 9.59 Å². The highest BCUT2D eigenvalue weighted by atomic mass is 16.2. The smallest absolute Gasteiger partial charge is 0.243 e. The van der Waals surface area contributed by atoms with Gasteiger partial charge in [0, 0.05) is 20.6 Å². The summed E-state index contributed by atoms with van der Waals surface area (Å²) in [5.41, 5.74) is 7.88. The molecule has 5 heteroatoms. The Hall–Kier alpha value is -1.88. The summed E-state index contributed by atoms with van der Waals surface area (Å²) in [6.07, 6.45) is 0. The maximum atomic E-state index is 12.2. The zero-order valence-electron chi connectivity index (χ0n) is 12.5. The monoisotopic (exact) mass is 277 g/mol. The first-order valence-electron chi connectivity index (χ1n) is 6.65. The molecule has 0 bridgehead atoms. The van der Waals surface area contributed by atoms with E-state index in [1.807, 2.05) is 31.2 Å². The molecule has 0 radical (unpaired) electrons. The molecule has 0 aliphatic rings. The van der Waals surface area contributed by atoms with Crippen LogP contribution in [0.5, 0.6) is 0 Å². The molecule has 110 valence electrons. The van der Waals surface area contributed by atoms with Crippen LogP contribution in [0.3, 0.4) is 0 Å². The summed E-state index contributed by atoms with van der Waals surface area (Å²) in [6.45, 7) is 4.10. The van der Waals surface area contributed by atoms with Gasteiger partial charge in [0.1, 0.15) is 6.04 Å². The molecule has 20 heavy (non-hydrogen) atoms. The quantitative estimate of drug-likeness (QED) is 0.837. The fourth-order valence-electron chi connectivity index (χ4n) is 1.98. The fraction of sp³-hybridized carbons (Fsp3) is 0.467. The number of hydrogen-bond acceptors (Lipinski definition) is 3. The third-order valence-electron chi connectivity index (χ3n) is 3.32. The van der Waals surface area contributed by atoms with Crippen molar-refractivity contribution in [3.8, 4) is 0 Å². The van der Waals surface area contributed by atoms with Crippen LogP contribution in [0.2, 0.25) is 0 Å². The zero-order valence-corrected chi connectivity index (χ0v) is 12.5. The Kier molecular flexibility index (Phi) is 5.70. The van der Waals surface area contributed by atoms with Gasteiger partial charge in [0.2, 0.25) is 11.8 Å². The number of benzene rings is 1. The van der Waals surface area contributed by atoms with E-state index in [1.54, 1.807) is 21.0 Å². The normalized spacial score (nSPS) is 13.4. The van der Waals surface area contributed by atoms with Crippen LogP contribution in [-0.2, 0) is 9.59 Å². The lowest BCUT2D eigenvalue weighted by Crippen LogP contribution is -2.41. The number of carbonyl (C=O) groups is 2. The van der Waals surface area contributed by atoms with Crippen molar-refractivity contribution in [3.63, 3.8) is 0 Å². The van der Waals surface area contributed by atoms with Gasteiger partial charge in [-0.3, -0.25) is 9.59 Å². The number of nitrogens with zero attached hydrogens (tertiary/aromatic N) is 1. The van der Waals surface area contributed by atoms with E-state index in [-0.39, 0.29) is 17.7 Å². The van der Waals surface area contributed by atoms with E-state index in [1.165, 1.54) is 4.90 Å². The highest BCUT2D eigenvalue weighted by molar-refractivity contribution is 5.84. The molecule has 0 aliphatic heterocycles. The van der Waals surface area contributed by atoms with Crippen LogP contribution < -0.4 is 11.1 Å². The number of nitrogens with one attached hydrogen (secondary N) is 1. The number of likely N-dealkylation sites (N-methyl/N-ethyl adjacent to an activating group) is 1. The summed E-state index contributed by atoms with van der Waals surface area (Å²) in [5, 5.41) is 2.57. The van der Waals surface area contributed by atoms with Gasteiger partial charge >= 0.3 is 0 Å². The lowest BCUT2D eigenvalue weighted by atomic mass is 10.0. The molecule has 2 amide bonds. The van der Waals surface area contributed by atoms with Gasteiger partial charge in [0.15, 0.2) is 0 Å². The molecule has 1 aromatic rings. The largest absolute Gasteiger partial charge is 0.359 e. The minimum Gasteiger partial charge on any atom is -0.359 e. The van der Waals surface area contributed by atoms with Crippen molar-refractivity contribution in [2.75, 3.05) is 20.6 Å². The number of rotatable bonds is 5. The van der Waals surface area contributed by atoms with E-state index >= 15 is 0 Å². The van der Waals surface area contributed by atoms with Crippen LogP contribution in [0.4, 0.5) is 0 Å². The minimum atomic E-state index is -0.697. The van der Waals surface area contributed by atoms with Crippen molar-refractivity contribution in [3.05, 3.63) is 35.4 Å². The molecular formula is C15H23N3O2. The fourth-order valence-corrected chi connectivity index (χ4v) is 1.98. The molecule has 5 nitrogen and oxygen atoms in total. The number of hydrogen-bond donors (Lipinski definition) is 2. The Morgan fingerprint density at radius 3 is 2.35 bits per heavy atom. The number of nitrogens with two attached hydrogens (primary N) is 1. The van der Waals surface area contributed by atoms with Gasteiger partial charge in [-0.15, -0.1) is 0 Å². The van der Waals surface area contributed by atoms with Gasteiger partial charge in [-0.25, -0.2) is 0 Å². The summed E-state index contributed by atoms with van der Waals surface area (Å²) >= 11 is 0. The second-order valence-electron chi connectivity index (χ2n) is 5.12. The number of carbonyl (C=O) groups excluding carboxylic acids is 2. The second kappa shape index (κ2) is 7.05. The second-order valence-corrected chi connectivity index (χ2v) is 5.12. The Morgan fingerprint density at radius 2 is 1.85 bits per heavy atom. The standard InChI is InChI=1S/C15H23N3O2/c1-10-5-7-12(8-6-10)13(16)15(20)18(4)9-11(2)14(19)17-3/h5-8,11,13H,9,16H2,1-4H3,(H,17,19). The van der Waals surface area contributed by atoms with Gasteiger partial charge < -0.3 is 16.0 Å². The predicted molar refractivity (Wildman–Crippen MR) is 79.0 cm³/mol. The van der Waals surface area contributed by atoms with Gasteiger partial charge in [0.25, 0.3) is 0 Å². The highest BCUT2D eigenvalue weighted by Gasteiger charge is 2.22. The third-order valence-corrected chi connectivity index (χ3v) is 3.32. The van der Waals surface area contributed by atoms with Crippen molar-refractivity contribution in [2.24, 2.45) is 11.7 Å². The average molecular weight is 277 g/mol. The molecule has 0 aromatic heterocycles. The van der Waals surface area contributed by atoms with Gasteiger partial charge in [-0.05, 0) is 12.5 Å². The molecule has 2 atom stereocenters. The molecule has 0 saturated carbocycles. The predicted octanol–water partition coefficient (Wildman–Crippen LogP) is 0.835. The van der Waals surface area contributed by atoms with Gasteiger partial charge in [0.05, 0.1) is 5.92 Å². The number of amides is 2. The third kappa shape index (κ3) is 4.06. The first kappa shape index (κ1) is 16.2. The molecule has 0 saturated heterocycles. The van der Waals surface area contributed by atoms with Crippen molar-refractivity contribution in [1.29, 1.82) is 0 Å². The van der Waals surface area contributed by atoms with Crippen LogP contribution in [0.15, 0.2) is 24.3 Å². The van der Waals surface area contributed by atoms with E-state index in [9.17, 15) is 9.59 Å². The molecule has 1 aromatic carbocycles. The van der Waals surface area contributed by atoms with Crippen molar-refractivity contribution >= 4 is 11.8 Å². The summed E-state index contributed by atoms with van der Waals surface area (Å²) < 4.78 is 0. The van der Waals surface area contributed by atoms with E-state index in [0.29, 0.717) is 6.54 Å². The molecule has 0 spiro atoms. The maximum absolute atomic E-state index is 12.2. The zero-order chi connectivity index (χ0) is 15.3. The van der Waals surface area contributed by atoms with Crippen LogP contribution in [0.25, 0.3) is 0 Å². The van der Waals surface area contributed by atoms with Crippen LogP contribution in [0, 0.1) is 12.8 Å². The van der Waals surface area contributed by atoms with Crippen LogP contribution >= 0.6 is 0 Å². The summed E-state index contributed by atoms with van der Waals surface area (Å²) in [4.78, 5) is 25.2. The summed E-state index contributed by atoms with van der Waals surface area (Å²) in [7, 11) is 3.24. The van der Waals surface area contributed by atoms with Crippen molar-refractivity contribution in [1.82, 2.24) is 10.2 Å². The Labute approximate surface area is 120 Å². The highest BCUT2D eigenvalue weighted by Crippen LogP contribution is 2.14. The molecule has 0 fully saturated rings. The minimum absolute atomic E-state index is 0.0893. The lowest BCUT2D eigenvalue weighted by Gasteiger charge is -2.24. The lowest BCUT2D eigenvalue weighted by molar-refractivity contribution is -0.133. The summed E-state index contributed by atoms with van der Waals surface area (Å²) in [6, 6.07) is 6.87. The molecule has 3 N–H and O–H groups in total. The Balaban J connectivity index is 2.68. The topological polar surface area (TPSA) is 75.4 Å². The van der Waals surface area contributed by atoms with E-state index in [2.05, 4.69) is 5.32 Å². The van der Waals surface area contributed by atoms with Gasteiger partial charge in [-0.1, -0.05) is 36.8 Å². The average Bonchev–Trinajstić information content (AvgIpc) is 2.45.